The Morgan fingerprint density at radius 2 is 1.33 bits per heavy atom. The molecule has 0 bridgehead atoms. The molecule has 0 aromatic heterocycles. The molecule has 0 aromatic rings. The number of rotatable bonds is 7. The van der Waals surface area contributed by atoms with Crippen LogP contribution < -0.4 is 0 Å². The molecule has 0 amide bonds. The predicted octanol–water partition coefficient (Wildman–Crippen LogP) is 2.10. The van der Waals surface area contributed by atoms with Gasteiger partial charge in [0.05, 0.1) is 0 Å². The molecule has 0 atom stereocenters. The summed E-state index contributed by atoms with van der Waals surface area (Å²) in [5.41, 5.74) is 0. The summed E-state index contributed by atoms with van der Waals surface area (Å²) in [4.78, 5) is 2.17. The molecule has 2 heteroatoms. The quantitative estimate of drug-likeness (QED) is 0.408. The van der Waals surface area contributed by atoms with Crippen molar-refractivity contribution >= 4 is 6.85 Å². The first-order valence-corrected chi connectivity index (χ1v) is 4.01. The van der Waals surface area contributed by atoms with E-state index in [2.05, 4.69) is 31.1 Å². The average molecular weight is 161 g/mol. The lowest BCUT2D eigenvalue weighted by Gasteiger charge is -2.21. The number of hydrogen-bond acceptors (Lipinski definition) is 1. The van der Waals surface area contributed by atoms with Crippen molar-refractivity contribution in [2.45, 2.75) is 0 Å². The van der Waals surface area contributed by atoms with Gasteiger partial charge in [0.2, 0.25) is 0 Å². The van der Waals surface area contributed by atoms with Crippen molar-refractivity contribution in [2.75, 3.05) is 13.1 Å². The van der Waals surface area contributed by atoms with Gasteiger partial charge in [-0.2, -0.15) is 0 Å². The summed E-state index contributed by atoms with van der Waals surface area (Å²) in [7, 11) is 0. The van der Waals surface area contributed by atoms with E-state index in [4.69, 9.17) is 0 Å². The maximum Gasteiger partial charge on any atom is 0.276 e. The maximum atomic E-state index is 3.74. The second kappa shape index (κ2) is 6.68. The van der Waals surface area contributed by atoms with Crippen molar-refractivity contribution in [3.63, 3.8) is 0 Å². The second-order valence-electron chi connectivity index (χ2n) is 2.49. The van der Waals surface area contributed by atoms with E-state index >= 15 is 0 Å². The fraction of sp³-hybridized carbons (Fsp3) is 0.200. The predicted molar refractivity (Wildman–Crippen MR) is 58.1 cm³/mol. The molecule has 0 heterocycles. The van der Waals surface area contributed by atoms with Gasteiger partial charge in [-0.05, 0) is 0 Å². The van der Waals surface area contributed by atoms with Gasteiger partial charge in [-0.3, -0.25) is 0 Å². The molecule has 0 aliphatic heterocycles. The molecule has 0 aromatic carbocycles. The van der Waals surface area contributed by atoms with Crippen molar-refractivity contribution in [3.8, 4) is 0 Å². The minimum atomic E-state index is 0.209. The van der Waals surface area contributed by atoms with Gasteiger partial charge in [0.25, 0.3) is 6.85 Å². The SMILES string of the molecule is C=CCN(CC=C)B(C=C)C=C. The van der Waals surface area contributed by atoms with Crippen LogP contribution in [0, 0.1) is 0 Å². The monoisotopic (exact) mass is 161 g/mol. The van der Waals surface area contributed by atoms with E-state index in [0.717, 1.165) is 13.1 Å². The Kier molecular flexibility index (Phi) is 6.11. The van der Waals surface area contributed by atoms with Crippen molar-refractivity contribution in [1.82, 2.24) is 4.81 Å². The summed E-state index contributed by atoms with van der Waals surface area (Å²) in [5, 5.41) is 0. The lowest BCUT2D eigenvalue weighted by molar-refractivity contribution is 0.541. The van der Waals surface area contributed by atoms with Crippen LogP contribution in [0.5, 0.6) is 0 Å². The van der Waals surface area contributed by atoms with Gasteiger partial charge >= 0.3 is 0 Å². The van der Waals surface area contributed by atoms with E-state index in [0.29, 0.717) is 0 Å². The Morgan fingerprint density at radius 1 is 0.917 bits per heavy atom. The van der Waals surface area contributed by atoms with E-state index < -0.39 is 0 Å². The number of hydrogen-bond donors (Lipinski definition) is 0. The van der Waals surface area contributed by atoms with Crippen molar-refractivity contribution in [2.24, 2.45) is 0 Å². The first-order valence-electron chi connectivity index (χ1n) is 4.01. The molecule has 0 radical (unpaired) electrons. The Labute approximate surface area is 75.9 Å². The molecular weight excluding hydrogens is 145 g/mol. The van der Waals surface area contributed by atoms with Crippen LogP contribution in [0.25, 0.3) is 0 Å². The van der Waals surface area contributed by atoms with Gasteiger partial charge in [-0.1, -0.05) is 12.2 Å². The molecule has 0 spiro atoms. The molecule has 0 saturated carbocycles. The fourth-order valence-electron chi connectivity index (χ4n) is 1.04. The van der Waals surface area contributed by atoms with Gasteiger partial charge in [0.15, 0.2) is 0 Å². The largest absolute Gasteiger partial charge is 0.328 e. The van der Waals surface area contributed by atoms with E-state index in [1.807, 2.05) is 24.1 Å². The second-order valence-corrected chi connectivity index (χ2v) is 2.49. The van der Waals surface area contributed by atoms with E-state index in [1.54, 1.807) is 0 Å². The third-order valence-corrected chi connectivity index (χ3v) is 1.63. The molecule has 64 valence electrons. The van der Waals surface area contributed by atoms with Crippen LogP contribution in [0.3, 0.4) is 0 Å². The zero-order chi connectivity index (χ0) is 9.40. The molecule has 0 rings (SSSR count). The first-order chi connectivity index (χ1) is 5.79. The van der Waals surface area contributed by atoms with E-state index in [-0.39, 0.29) is 6.85 Å². The summed E-state index contributed by atoms with van der Waals surface area (Å²) in [6.07, 6.45) is 3.73. The summed E-state index contributed by atoms with van der Waals surface area (Å²) < 4.78 is 0. The van der Waals surface area contributed by atoms with E-state index in [9.17, 15) is 0 Å². The van der Waals surface area contributed by atoms with Gasteiger partial charge in [0, 0.05) is 13.1 Å². The lowest BCUT2D eigenvalue weighted by Crippen LogP contribution is -2.36. The highest BCUT2D eigenvalue weighted by Gasteiger charge is 2.12. The third kappa shape index (κ3) is 3.40. The Morgan fingerprint density at radius 3 is 1.58 bits per heavy atom. The van der Waals surface area contributed by atoms with Gasteiger partial charge in [-0.25, -0.2) is 0 Å². The normalized spacial score (nSPS) is 9.08. The van der Waals surface area contributed by atoms with Crippen LogP contribution in [0.4, 0.5) is 0 Å². The molecule has 0 N–H and O–H groups in total. The van der Waals surface area contributed by atoms with Crippen LogP contribution >= 0.6 is 0 Å². The molecule has 0 saturated heterocycles. The fourth-order valence-corrected chi connectivity index (χ4v) is 1.04. The van der Waals surface area contributed by atoms with Gasteiger partial charge in [-0.15, -0.1) is 38.3 Å². The molecule has 0 aliphatic carbocycles. The van der Waals surface area contributed by atoms with Crippen molar-refractivity contribution < 1.29 is 0 Å². The van der Waals surface area contributed by atoms with Gasteiger partial charge < -0.3 is 4.81 Å². The lowest BCUT2D eigenvalue weighted by atomic mass is 9.61. The van der Waals surface area contributed by atoms with E-state index in [1.165, 1.54) is 0 Å². The molecule has 1 nitrogen and oxygen atoms in total. The Hall–Kier alpha value is -1.02. The first kappa shape index (κ1) is 11.0. The highest BCUT2D eigenvalue weighted by atomic mass is 15.0. The van der Waals surface area contributed by atoms with Crippen LogP contribution in [0.2, 0.25) is 0 Å². The third-order valence-electron chi connectivity index (χ3n) is 1.63. The minimum absolute atomic E-state index is 0.209. The van der Waals surface area contributed by atoms with Gasteiger partial charge in [0.1, 0.15) is 0 Å². The number of nitrogens with zero attached hydrogens (tertiary/aromatic N) is 1. The summed E-state index contributed by atoms with van der Waals surface area (Å²) >= 11 is 0. The zero-order valence-corrected chi connectivity index (χ0v) is 7.58. The zero-order valence-electron chi connectivity index (χ0n) is 7.58. The van der Waals surface area contributed by atoms with Crippen LogP contribution in [0.1, 0.15) is 0 Å². The highest BCUT2D eigenvalue weighted by Crippen LogP contribution is 1.97. The van der Waals surface area contributed by atoms with Crippen LogP contribution in [-0.4, -0.2) is 24.7 Å². The molecule has 0 fully saturated rings. The molecule has 0 unspecified atom stereocenters. The average Bonchev–Trinajstić information content (AvgIpc) is 2.07. The minimum Gasteiger partial charge on any atom is -0.328 e. The topological polar surface area (TPSA) is 3.24 Å². The van der Waals surface area contributed by atoms with Crippen molar-refractivity contribution in [3.05, 3.63) is 50.4 Å². The summed E-state index contributed by atoms with van der Waals surface area (Å²) in [6.45, 7) is 16.7. The Bertz CT molecular complexity index is 157. The standard InChI is InChI=1S/C10H16BN/c1-5-9-12(10-6-2)11(7-3)8-4/h5-8H,1-4,9-10H2. The summed E-state index contributed by atoms with van der Waals surface area (Å²) in [5.74, 6) is 3.72. The smallest absolute Gasteiger partial charge is 0.276 e. The summed E-state index contributed by atoms with van der Waals surface area (Å²) in [6, 6.07) is 0. The Balaban J connectivity index is 4.21. The van der Waals surface area contributed by atoms with Crippen molar-refractivity contribution in [1.29, 1.82) is 0 Å². The highest BCUT2D eigenvalue weighted by molar-refractivity contribution is 6.66. The van der Waals surface area contributed by atoms with Crippen LogP contribution in [0.15, 0.2) is 50.4 Å². The maximum absolute atomic E-state index is 3.74. The molecule has 0 aliphatic rings. The molecule has 12 heavy (non-hydrogen) atoms. The van der Waals surface area contributed by atoms with Crippen LogP contribution in [-0.2, 0) is 0 Å². The molecular formula is C10H16BN.